The predicted molar refractivity (Wildman–Crippen MR) is 106 cm³/mol. The summed E-state index contributed by atoms with van der Waals surface area (Å²) in [6.45, 7) is 3.10. The Morgan fingerprint density at radius 3 is 2.96 bits per heavy atom. The summed E-state index contributed by atoms with van der Waals surface area (Å²) >= 11 is 1.72. The Morgan fingerprint density at radius 1 is 1.32 bits per heavy atom. The molecule has 0 spiro atoms. The third-order valence-corrected chi connectivity index (χ3v) is 5.82. The Bertz CT molecular complexity index is 910. The fourth-order valence-corrected chi connectivity index (χ4v) is 4.30. The molecule has 0 unspecified atom stereocenters. The van der Waals surface area contributed by atoms with Crippen molar-refractivity contribution in [1.29, 1.82) is 0 Å². The summed E-state index contributed by atoms with van der Waals surface area (Å²) in [6, 6.07) is 6.59. The number of nitrogens with zero attached hydrogens (tertiary/aromatic N) is 2. The van der Waals surface area contributed by atoms with Crippen molar-refractivity contribution in [1.82, 2.24) is 9.88 Å². The zero-order chi connectivity index (χ0) is 17.2. The Kier molecular flexibility index (Phi) is 4.70. The number of hydrogen-bond acceptors (Lipinski definition) is 5. The highest BCUT2D eigenvalue weighted by Gasteiger charge is 2.15. The average molecular weight is 353 g/mol. The van der Waals surface area contributed by atoms with E-state index < -0.39 is 0 Å². The van der Waals surface area contributed by atoms with Crippen molar-refractivity contribution in [3.8, 4) is 5.75 Å². The van der Waals surface area contributed by atoms with Gasteiger partial charge in [-0.15, -0.1) is 11.3 Å². The molecule has 0 bridgehead atoms. The van der Waals surface area contributed by atoms with Crippen molar-refractivity contribution in [2.45, 2.75) is 18.9 Å². The van der Waals surface area contributed by atoms with E-state index in [-0.39, 0.29) is 0 Å². The Hall–Kier alpha value is -1.95. The summed E-state index contributed by atoms with van der Waals surface area (Å²) in [5.41, 5.74) is 8.12. The van der Waals surface area contributed by atoms with Gasteiger partial charge in [0, 0.05) is 35.1 Å². The first-order valence-electron chi connectivity index (χ1n) is 8.73. The number of benzene rings is 1. The molecule has 1 fully saturated rings. The standard InChI is InChI=1S/C20H23N3OS/c1-24-18-5-4-17-20(16-8-12-25-19(16)13-22-17)15(18)3-2-9-23-10-6-14(21)7-11-23/h2-5,8,12-14H,6-7,9-11,21H2,1H3/b3-2+. The molecule has 1 aliphatic rings. The number of rotatable bonds is 4. The van der Waals surface area contributed by atoms with Gasteiger partial charge in [0.25, 0.3) is 0 Å². The number of ether oxygens (including phenoxy) is 1. The lowest BCUT2D eigenvalue weighted by Crippen LogP contribution is -2.39. The van der Waals surface area contributed by atoms with E-state index in [1.807, 2.05) is 18.3 Å². The van der Waals surface area contributed by atoms with Gasteiger partial charge in [0.2, 0.25) is 0 Å². The van der Waals surface area contributed by atoms with Crippen LogP contribution in [-0.4, -0.2) is 42.7 Å². The van der Waals surface area contributed by atoms with Crippen LogP contribution in [0.2, 0.25) is 0 Å². The van der Waals surface area contributed by atoms with Crippen molar-refractivity contribution in [2.24, 2.45) is 5.73 Å². The summed E-state index contributed by atoms with van der Waals surface area (Å²) in [5, 5.41) is 4.54. The SMILES string of the molecule is COc1ccc2ncc3sccc3c2c1/C=C/CN1CCC(N)CC1. The number of hydrogen-bond donors (Lipinski definition) is 1. The Balaban J connectivity index is 1.69. The molecule has 0 amide bonds. The van der Waals surface area contributed by atoms with Crippen LogP contribution in [0.3, 0.4) is 0 Å². The zero-order valence-corrected chi connectivity index (χ0v) is 15.3. The van der Waals surface area contributed by atoms with Gasteiger partial charge in [-0.05, 0) is 49.5 Å². The average Bonchev–Trinajstić information content (AvgIpc) is 3.12. The van der Waals surface area contributed by atoms with E-state index in [2.05, 4.69) is 33.5 Å². The van der Waals surface area contributed by atoms with E-state index >= 15 is 0 Å². The molecule has 1 saturated heterocycles. The van der Waals surface area contributed by atoms with Crippen molar-refractivity contribution >= 4 is 38.4 Å². The van der Waals surface area contributed by atoms with Crippen molar-refractivity contribution in [2.75, 3.05) is 26.7 Å². The van der Waals surface area contributed by atoms with Gasteiger partial charge in [-0.3, -0.25) is 9.88 Å². The van der Waals surface area contributed by atoms with E-state index in [0.29, 0.717) is 6.04 Å². The van der Waals surface area contributed by atoms with Gasteiger partial charge in [-0.1, -0.05) is 12.2 Å². The predicted octanol–water partition coefficient (Wildman–Crippen LogP) is 3.89. The minimum atomic E-state index is 0.372. The molecule has 4 nitrogen and oxygen atoms in total. The van der Waals surface area contributed by atoms with Gasteiger partial charge in [0.1, 0.15) is 5.75 Å². The van der Waals surface area contributed by atoms with Crippen LogP contribution in [0.4, 0.5) is 0 Å². The molecule has 130 valence electrons. The number of nitrogens with two attached hydrogens (primary N) is 1. The lowest BCUT2D eigenvalue weighted by Gasteiger charge is -2.28. The molecule has 1 aliphatic heterocycles. The van der Waals surface area contributed by atoms with Crippen molar-refractivity contribution in [3.05, 3.63) is 41.4 Å². The minimum Gasteiger partial charge on any atom is -0.496 e. The molecule has 4 rings (SSSR count). The lowest BCUT2D eigenvalue weighted by atomic mass is 10.0. The van der Waals surface area contributed by atoms with Gasteiger partial charge in [0.05, 0.1) is 17.3 Å². The maximum absolute atomic E-state index is 5.99. The second-order valence-corrected chi connectivity index (χ2v) is 7.52. The molecular weight excluding hydrogens is 330 g/mol. The summed E-state index contributed by atoms with van der Waals surface area (Å²) in [6.07, 6.45) is 8.56. The first-order chi connectivity index (χ1) is 12.3. The Morgan fingerprint density at radius 2 is 2.16 bits per heavy atom. The molecule has 3 heterocycles. The molecular formula is C20H23N3OS. The maximum Gasteiger partial charge on any atom is 0.126 e. The van der Waals surface area contributed by atoms with Crippen LogP contribution in [-0.2, 0) is 0 Å². The van der Waals surface area contributed by atoms with Crippen LogP contribution < -0.4 is 10.5 Å². The quantitative estimate of drug-likeness (QED) is 0.773. The zero-order valence-electron chi connectivity index (χ0n) is 14.4. The van der Waals surface area contributed by atoms with Gasteiger partial charge < -0.3 is 10.5 Å². The summed E-state index contributed by atoms with van der Waals surface area (Å²) in [4.78, 5) is 7.07. The second kappa shape index (κ2) is 7.12. The van der Waals surface area contributed by atoms with Crippen LogP contribution in [0.5, 0.6) is 5.75 Å². The highest BCUT2D eigenvalue weighted by Crippen LogP contribution is 2.35. The summed E-state index contributed by atoms with van der Waals surface area (Å²) < 4.78 is 6.84. The number of methoxy groups -OCH3 is 1. The van der Waals surface area contributed by atoms with E-state index in [0.717, 1.165) is 49.3 Å². The van der Waals surface area contributed by atoms with Crippen molar-refractivity contribution in [3.63, 3.8) is 0 Å². The van der Waals surface area contributed by atoms with Crippen LogP contribution >= 0.6 is 11.3 Å². The van der Waals surface area contributed by atoms with Gasteiger partial charge >= 0.3 is 0 Å². The molecule has 2 N–H and O–H groups in total. The number of piperidine rings is 1. The lowest BCUT2D eigenvalue weighted by molar-refractivity contribution is 0.234. The van der Waals surface area contributed by atoms with Crippen molar-refractivity contribution < 1.29 is 4.74 Å². The van der Waals surface area contributed by atoms with Crippen LogP contribution in [0.25, 0.3) is 27.1 Å². The summed E-state index contributed by atoms with van der Waals surface area (Å²) in [7, 11) is 1.73. The maximum atomic E-state index is 5.99. The van der Waals surface area contributed by atoms with Crippen LogP contribution in [0, 0.1) is 0 Å². The number of aromatic nitrogens is 1. The molecule has 0 saturated carbocycles. The normalized spacial score (nSPS) is 17.0. The van der Waals surface area contributed by atoms with Gasteiger partial charge in [-0.25, -0.2) is 0 Å². The third kappa shape index (κ3) is 3.27. The summed E-state index contributed by atoms with van der Waals surface area (Å²) in [5.74, 6) is 0.893. The Labute approximate surface area is 151 Å². The molecule has 2 aromatic heterocycles. The smallest absolute Gasteiger partial charge is 0.126 e. The highest BCUT2D eigenvalue weighted by atomic mass is 32.1. The highest BCUT2D eigenvalue weighted by molar-refractivity contribution is 7.17. The molecule has 0 atom stereocenters. The van der Waals surface area contributed by atoms with E-state index in [9.17, 15) is 0 Å². The minimum absolute atomic E-state index is 0.372. The van der Waals surface area contributed by atoms with Crippen LogP contribution in [0.15, 0.2) is 35.9 Å². The van der Waals surface area contributed by atoms with E-state index in [1.54, 1.807) is 18.4 Å². The van der Waals surface area contributed by atoms with E-state index in [4.69, 9.17) is 10.5 Å². The first kappa shape index (κ1) is 16.5. The molecule has 5 heteroatoms. The largest absolute Gasteiger partial charge is 0.496 e. The molecule has 25 heavy (non-hydrogen) atoms. The topological polar surface area (TPSA) is 51.4 Å². The number of thiophene rings is 1. The monoisotopic (exact) mass is 353 g/mol. The second-order valence-electron chi connectivity index (χ2n) is 6.57. The van der Waals surface area contributed by atoms with E-state index in [1.165, 1.54) is 15.5 Å². The van der Waals surface area contributed by atoms with Crippen LogP contribution in [0.1, 0.15) is 18.4 Å². The van der Waals surface area contributed by atoms with Gasteiger partial charge in [-0.2, -0.15) is 0 Å². The number of fused-ring (bicyclic) bond motifs is 3. The molecule has 3 aromatic rings. The third-order valence-electron chi connectivity index (χ3n) is 4.97. The molecule has 1 aromatic carbocycles. The van der Waals surface area contributed by atoms with Gasteiger partial charge in [0.15, 0.2) is 0 Å². The number of pyridine rings is 1. The molecule has 0 aliphatic carbocycles. The fraction of sp³-hybridized carbons (Fsp3) is 0.350. The fourth-order valence-electron chi connectivity index (χ4n) is 3.53. The number of likely N-dealkylation sites (tertiary alicyclic amines) is 1. The molecule has 0 radical (unpaired) electrons. The first-order valence-corrected chi connectivity index (χ1v) is 9.61.